The Morgan fingerprint density at radius 3 is 2.50 bits per heavy atom. The lowest BCUT2D eigenvalue weighted by atomic mass is 10.1. The van der Waals surface area contributed by atoms with E-state index in [1.165, 1.54) is 11.8 Å². The molecule has 4 nitrogen and oxygen atoms in total. The molecule has 1 saturated heterocycles. The van der Waals surface area contributed by atoms with Gasteiger partial charge in [0.2, 0.25) is 5.91 Å². The van der Waals surface area contributed by atoms with Crippen LogP contribution in [-0.4, -0.2) is 28.9 Å². The van der Waals surface area contributed by atoms with Crippen LogP contribution in [0.15, 0.2) is 64.2 Å². The Kier molecular flexibility index (Phi) is 4.26. The first kappa shape index (κ1) is 15.3. The first-order valence-electron chi connectivity index (χ1n) is 8.17. The summed E-state index contributed by atoms with van der Waals surface area (Å²) < 4.78 is 5.81. The number of carbonyl (C=O) groups excluding carboxylic acids is 1. The van der Waals surface area contributed by atoms with Crippen LogP contribution in [0.2, 0.25) is 0 Å². The summed E-state index contributed by atoms with van der Waals surface area (Å²) in [6.07, 6.45) is 2.17. The first-order chi connectivity index (χ1) is 11.8. The van der Waals surface area contributed by atoms with Crippen LogP contribution in [0.5, 0.6) is 0 Å². The average molecular weight is 338 g/mol. The molecule has 0 bridgehead atoms. The van der Waals surface area contributed by atoms with Crippen molar-refractivity contribution >= 4 is 28.8 Å². The number of nitrogens with zero attached hydrogens (tertiary/aromatic N) is 2. The van der Waals surface area contributed by atoms with Gasteiger partial charge < -0.3 is 9.32 Å². The Hall–Kier alpha value is -2.27. The van der Waals surface area contributed by atoms with Gasteiger partial charge in [0.1, 0.15) is 10.8 Å². The highest BCUT2D eigenvalue weighted by atomic mass is 32.2. The number of fused-ring (bicyclic) bond motifs is 1. The number of thioether (sulfide) groups is 1. The van der Waals surface area contributed by atoms with Crippen LogP contribution < -0.4 is 0 Å². The number of carbonyl (C=O) groups is 1. The van der Waals surface area contributed by atoms with Crippen LogP contribution in [-0.2, 0) is 4.79 Å². The molecule has 1 aromatic heterocycles. The van der Waals surface area contributed by atoms with Crippen molar-refractivity contribution in [1.82, 2.24) is 9.88 Å². The summed E-state index contributed by atoms with van der Waals surface area (Å²) in [7, 11) is 0. The van der Waals surface area contributed by atoms with Gasteiger partial charge in [-0.15, -0.1) is 0 Å². The molecule has 0 spiro atoms. The quantitative estimate of drug-likeness (QED) is 0.666. The molecule has 1 aliphatic rings. The van der Waals surface area contributed by atoms with E-state index in [2.05, 4.69) is 4.98 Å². The van der Waals surface area contributed by atoms with Crippen LogP contribution in [0, 0.1) is 0 Å². The standard InChI is InChI=1S/C19H18N2O2S/c22-18(21-12-6-7-13-21)17(14-8-2-1-3-9-14)24-19-20-15-10-4-5-11-16(15)23-19/h1-5,8-11,17H,6-7,12-13H2. The number of oxazole rings is 1. The first-order valence-corrected chi connectivity index (χ1v) is 9.05. The predicted molar refractivity (Wildman–Crippen MR) is 94.9 cm³/mol. The number of likely N-dealkylation sites (tertiary alicyclic amines) is 1. The number of para-hydroxylation sites is 2. The van der Waals surface area contributed by atoms with Gasteiger partial charge in [0.25, 0.3) is 5.22 Å². The van der Waals surface area contributed by atoms with Crippen LogP contribution in [0.1, 0.15) is 23.7 Å². The minimum Gasteiger partial charge on any atom is -0.431 e. The number of hydrogen-bond acceptors (Lipinski definition) is 4. The highest BCUT2D eigenvalue weighted by molar-refractivity contribution is 8.00. The van der Waals surface area contributed by atoms with Gasteiger partial charge in [-0.3, -0.25) is 4.79 Å². The van der Waals surface area contributed by atoms with Gasteiger partial charge in [-0.2, -0.15) is 0 Å². The topological polar surface area (TPSA) is 46.3 Å². The maximum Gasteiger partial charge on any atom is 0.257 e. The zero-order valence-electron chi connectivity index (χ0n) is 13.2. The van der Waals surface area contributed by atoms with E-state index in [9.17, 15) is 4.79 Å². The molecular weight excluding hydrogens is 320 g/mol. The molecule has 1 aliphatic heterocycles. The van der Waals surface area contributed by atoms with E-state index in [1.807, 2.05) is 59.5 Å². The van der Waals surface area contributed by atoms with E-state index < -0.39 is 0 Å². The predicted octanol–water partition coefficient (Wildman–Crippen LogP) is 4.28. The fourth-order valence-electron chi connectivity index (χ4n) is 2.99. The lowest BCUT2D eigenvalue weighted by Crippen LogP contribution is -2.31. The summed E-state index contributed by atoms with van der Waals surface area (Å²) >= 11 is 1.39. The smallest absolute Gasteiger partial charge is 0.257 e. The van der Waals surface area contributed by atoms with E-state index in [1.54, 1.807) is 0 Å². The SMILES string of the molecule is O=C(C(Sc1nc2ccccc2o1)c1ccccc1)N1CCCC1. The van der Waals surface area contributed by atoms with Crippen molar-refractivity contribution in [3.63, 3.8) is 0 Å². The van der Waals surface area contributed by atoms with Crippen LogP contribution >= 0.6 is 11.8 Å². The molecule has 2 heterocycles. The molecule has 3 aromatic rings. The molecule has 1 fully saturated rings. The minimum atomic E-state index is -0.322. The van der Waals surface area contributed by atoms with Gasteiger partial charge >= 0.3 is 0 Å². The molecule has 24 heavy (non-hydrogen) atoms. The van der Waals surface area contributed by atoms with Gasteiger partial charge in [-0.1, -0.05) is 42.5 Å². The lowest BCUT2D eigenvalue weighted by Gasteiger charge is -2.22. The molecule has 0 radical (unpaired) electrons. The Bertz CT molecular complexity index is 808. The molecule has 1 amide bonds. The van der Waals surface area contributed by atoms with Gasteiger partial charge in [0, 0.05) is 13.1 Å². The Morgan fingerprint density at radius 2 is 1.75 bits per heavy atom. The number of aromatic nitrogens is 1. The molecular formula is C19H18N2O2S. The van der Waals surface area contributed by atoms with E-state index >= 15 is 0 Å². The maximum atomic E-state index is 13.0. The Labute approximate surface area is 144 Å². The van der Waals surface area contributed by atoms with E-state index in [0.717, 1.165) is 42.6 Å². The number of hydrogen-bond donors (Lipinski definition) is 0. The minimum absolute atomic E-state index is 0.144. The summed E-state index contributed by atoms with van der Waals surface area (Å²) in [5.41, 5.74) is 2.56. The molecule has 5 heteroatoms. The molecule has 1 atom stereocenters. The van der Waals surface area contributed by atoms with Crippen molar-refractivity contribution in [2.45, 2.75) is 23.3 Å². The average Bonchev–Trinajstić information content (AvgIpc) is 3.29. The van der Waals surface area contributed by atoms with Gasteiger partial charge in [-0.25, -0.2) is 4.98 Å². The molecule has 4 rings (SSSR count). The van der Waals surface area contributed by atoms with Crippen molar-refractivity contribution in [2.75, 3.05) is 13.1 Å². The summed E-state index contributed by atoms with van der Waals surface area (Å²) in [5, 5.41) is 0.218. The molecule has 122 valence electrons. The fourth-order valence-corrected chi connectivity index (χ4v) is 4.03. The third-order valence-electron chi connectivity index (χ3n) is 4.24. The second kappa shape index (κ2) is 6.69. The van der Waals surface area contributed by atoms with Gasteiger partial charge in [-0.05, 0) is 42.3 Å². The normalized spacial score (nSPS) is 15.8. The highest BCUT2D eigenvalue weighted by Gasteiger charge is 2.30. The van der Waals surface area contributed by atoms with Gasteiger partial charge in [0.15, 0.2) is 5.58 Å². The Balaban J connectivity index is 1.65. The summed E-state index contributed by atoms with van der Waals surface area (Å²) in [6.45, 7) is 1.69. The van der Waals surface area contributed by atoms with Crippen molar-refractivity contribution in [1.29, 1.82) is 0 Å². The van der Waals surface area contributed by atoms with E-state index in [0.29, 0.717) is 5.22 Å². The van der Waals surface area contributed by atoms with Crippen molar-refractivity contribution in [3.05, 3.63) is 60.2 Å². The number of amides is 1. The summed E-state index contributed by atoms with van der Waals surface area (Å²) in [5.74, 6) is 0.144. The monoisotopic (exact) mass is 338 g/mol. The second-order valence-electron chi connectivity index (χ2n) is 5.89. The van der Waals surface area contributed by atoms with Crippen molar-refractivity contribution < 1.29 is 9.21 Å². The summed E-state index contributed by atoms with van der Waals surface area (Å²) in [4.78, 5) is 19.5. The van der Waals surface area contributed by atoms with Crippen LogP contribution in [0.4, 0.5) is 0 Å². The zero-order chi connectivity index (χ0) is 16.4. The van der Waals surface area contributed by atoms with Crippen LogP contribution in [0.25, 0.3) is 11.1 Å². The van der Waals surface area contributed by atoms with E-state index in [4.69, 9.17) is 4.42 Å². The fraction of sp³-hybridized carbons (Fsp3) is 0.263. The molecule has 0 aliphatic carbocycles. The van der Waals surface area contributed by atoms with Crippen molar-refractivity contribution in [2.24, 2.45) is 0 Å². The molecule has 1 unspecified atom stereocenters. The molecule has 2 aromatic carbocycles. The molecule has 0 N–H and O–H groups in total. The second-order valence-corrected chi connectivity index (χ2v) is 6.94. The van der Waals surface area contributed by atoms with E-state index in [-0.39, 0.29) is 11.2 Å². The Morgan fingerprint density at radius 1 is 1.04 bits per heavy atom. The molecule has 0 saturated carbocycles. The van der Waals surface area contributed by atoms with Crippen molar-refractivity contribution in [3.8, 4) is 0 Å². The largest absolute Gasteiger partial charge is 0.431 e. The highest BCUT2D eigenvalue weighted by Crippen LogP contribution is 2.38. The number of rotatable bonds is 4. The zero-order valence-corrected chi connectivity index (χ0v) is 14.0. The maximum absolute atomic E-state index is 13.0. The summed E-state index contributed by atoms with van der Waals surface area (Å²) in [6, 6.07) is 17.6. The van der Waals surface area contributed by atoms with Crippen LogP contribution in [0.3, 0.4) is 0 Å². The third-order valence-corrected chi connectivity index (χ3v) is 5.32. The number of benzene rings is 2. The van der Waals surface area contributed by atoms with Gasteiger partial charge in [0.05, 0.1) is 0 Å². The lowest BCUT2D eigenvalue weighted by molar-refractivity contribution is -0.129. The third kappa shape index (κ3) is 3.04.